The maximum Gasteiger partial charge on any atom is 0.417 e. The summed E-state index contributed by atoms with van der Waals surface area (Å²) in [6.07, 6.45) is -3.94. The zero-order valence-electron chi connectivity index (χ0n) is 15.0. The molecule has 9 heteroatoms. The van der Waals surface area contributed by atoms with Crippen LogP contribution in [0.3, 0.4) is 0 Å². The van der Waals surface area contributed by atoms with Gasteiger partial charge in [0.15, 0.2) is 11.1 Å². The number of anilines is 2. The second-order valence-electron chi connectivity index (χ2n) is 6.34. The number of fused-ring (bicyclic) bond motifs is 1. The van der Waals surface area contributed by atoms with Crippen LogP contribution < -0.4 is 10.7 Å². The molecule has 0 saturated carbocycles. The molecule has 0 amide bonds. The lowest BCUT2D eigenvalue weighted by molar-refractivity contribution is -0.136. The van der Waals surface area contributed by atoms with Gasteiger partial charge in [0.05, 0.1) is 22.3 Å². The maximum absolute atomic E-state index is 14.6. The van der Waals surface area contributed by atoms with Gasteiger partial charge in [-0.05, 0) is 30.3 Å². The molecule has 2 aromatic carbocycles. The molecule has 0 fully saturated rings. The van der Waals surface area contributed by atoms with Crippen molar-refractivity contribution in [3.8, 4) is 5.69 Å². The standard InChI is InChI=1S/C21H12F5N3O/c22-13-5-1-3-7-15(13)28-18-11-17(30)19-12(21(24,25)26)9-10-27-20(19)29(18)16-8-4-2-6-14(16)23/h1-11,28H. The van der Waals surface area contributed by atoms with E-state index >= 15 is 0 Å². The van der Waals surface area contributed by atoms with Gasteiger partial charge in [-0.1, -0.05) is 24.3 Å². The fraction of sp³-hybridized carbons (Fsp3) is 0.0476. The fourth-order valence-electron chi connectivity index (χ4n) is 3.14. The van der Waals surface area contributed by atoms with Crippen LogP contribution in [0.4, 0.5) is 33.5 Å². The molecule has 0 saturated heterocycles. The van der Waals surface area contributed by atoms with E-state index in [0.29, 0.717) is 6.07 Å². The Labute approximate surface area is 166 Å². The molecule has 0 unspecified atom stereocenters. The van der Waals surface area contributed by atoms with Crippen molar-refractivity contribution in [2.24, 2.45) is 0 Å². The Morgan fingerprint density at radius 2 is 1.57 bits per heavy atom. The predicted octanol–water partition coefficient (Wildman–Crippen LogP) is 5.43. The highest BCUT2D eigenvalue weighted by atomic mass is 19.4. The number of hydrogen-bond acceptors (Lipinski definition) is 3. The number of nitrogens with zero attached hydrogens (tertiary/aromatic N) is 2. The van der Waals surface area contributed by atoms with E-state index in [1.165, 1.54) is 36.4 Å². The van der Waals surface area contributed by atoms with Gasteiger partial charge in [0.2, 0.25) is 0 Å². The molecule has 0 aliphatic rings. The van der Waals surface area contributed by atoms with E-state index in [2.05, 4.69) is 10.3 Å². The Kier molecular flexibility index (Phi) is 4.73. The summed E-state index contributed by atoms with van der Waals surface area (Å²) in [5.74, 6) is -1.57. The van der Waals surface area contributed by atoms with Gasteiger partial charge in [0, 0.05) is 12.3 Å². The average Bonchev–Trinajstić information content (AvgIpc) is 2.70. The number of alkyl halides is 3. The third-order valence-corrected chi connectivity index (χ3v) is 4.43. The number of halogens is 5. The maximum atomic E-state index is 14.6. The van der Waals surface area contributed by atoms with Crippen molar-refractivity contribution in [1.82, 2.24) is 9.55 Å². The molecule has 0 aliphatic heterocycles. The summed E-state index contributed by atoms with van der Waals surface area (Å²) < 4.78 is 70.2. The molecular weight excluding hydrogens is 405 g/mol. The fourth-order valence-corrected chi connectivity index (χ4v) is 3.14. The van der Waals surface area contributed by atoms with E-state index in [1.54, 1.807) is 0 Å². The molecule has 152 valence electrons. The first-order valence-electron chi connectivity index (χ1n) is 8.66. The first kappa shape index (κ1) is 19.6. The zero-order valence-corrected chi connectivity index (χ0v) is 15.0. The molecule has 2 heterocycles. The van der Waals surface area contributed by atoms with Crippen molar-refractivity contribution in [1.29, 1.82) is 0 Å². The van der Waals surface area contributed by atoms with Crippen LogP contribution in [0.5, 0.6) is 0 Å². The topological polar surface area (TPSA) is 46.9 Å². The Morgan fingerprint density at radius 1 is 0.900 bits per heavy atom. The number of pyridine rings is 2. The van der Waals surface area contributed by atoms with Gasteiger partial charge >= 0.3 is 6.18 Å². The second-order valence-corrected chi connectivity index (χ2v) is 6.34. The normalized spacial score (nSPS) is 11.6. The highest BCUT2D eigenvalue weighted by molar-refractivity contribution is 5.84. The first-order valence-corrected chi connectivity index (χ1v) is 8.66. The molecule has 4 rings (SSSR count). The van der Waals surface area contributed by atoms with Gasteiger partial charge in [0.25, 0.3) is 0 Å². The average molecular weight is 417 g/mol. The van der Waals surface area contributed by atoms with E-state index in [-0.39, 0.29) is 17.2 Å². The molecule has 1 N–H and O–H groups in total. The highest BCUT2D eigenvalue weighted by Gasteiger charge is 2.34. The molecule has 2 aromatic heterocycles. The number of rotatable bonds is 3. The third kappa shape index (κ3) is 3.38. The van der Waals surface area contributed by atoms with Gasteiger partial charge in [-0.25, -0.2) is 13.8 Å². The molecule has 30 heavy (non-hydrogen) atoms. The minimum absolute atomic E-state index is 0.0479. The van der Waals surface area contributed by atoms with Crippen molar-refractivity contribution in [3.63, 3.8) is 0 Å². The number of aromatic nitrogens is 2. The monoisotopic (exact) mass is 417 g/mol. The van der Waals surface area contributed by atoms with Crippen LogP contribution in [-0.2, 0) is 6.18 Å². The Morgan fingerprint density at radius 3 is 2.23 bits per heavy atom. The van der Waals surface area contributed by atoms with Crippen LogP contribution in [-0.4, -0.2) is 9.55 Å². The molecule has 0 spiro atoms. The highest BCUT2D eigenvalue weighted by Crippen LogP contribution is 2.35. The summed E-state index contributed by atoms with van der Waals surface area (Å²) in [5.41, 5.74) is -2.81. The number of nitrogens with one attached hydrogen (secondary N) is 1. The van der Waals surface area contributed by atoms with Gasteiger partial charge in [-0.15, -0.1) is 0 Å². The lowest BCUT2D eigenvalue weighted by Gasteiger charge is -2.19. The summed E-state index contributed by atoms with van der Waals surface area (Å²) in [7, 11) is 0. The minimum Gasteiger partial charge on any atom is -0.339 e. The number of para-hydroxylation sites is 2. The van der Waals surface area contributed by atoms with Crippen molar-refractivity contribution < 1.29 is 22.0 Å². The van der Waals surface area contributed by atoms with E-state index in [9.17, 15) is 26.7 Å². The summed E-state index contributed by atoms with van der Waals surface area (Å²) in [5, 5.41) is 1.94. The van der Waals surface area contributed by atoms with E-state index in [0.717, 1.165) is 29.0 Å². The van der Waals surface area contributed by atoms with Gasteiger partial charge in [-0.2, -0.15) is 13.2 Å². The lowest BCUT2D eigenvalue weighted by Crippen LogP contribution is -2.18. The summed E-state index contributed by atoms with van der Waals surface area (Å²) >= 11 is 0. The van der Waals surface area contributed by atoms with Gasteiger partial charge in [-0.3, -0.25) is 9.36 Å². The molecule has 0 atom stereocenters. The minimum atomic E-state index is -4.83. The van der Waals surface area contributed by atoms with Crippen molar-refractivity contribution in [3.05, 3.63) is 94.3 Å². The van der Waals surface area contributed by atoms with Crippen molar-refractivity contribution in [2.75, 3.05) is 5.32 Å². The van der Waals surface area contributed by atoms with E-state index in [1.807, 2.05) is 0 Å². The van der Waals surface area contributed by atoms with E-state index < -0.39 is 39.8 Å². The Hall–Kier alpha value is -3.75. The first-order chi connectivity index (χ1) is 14.3. The molecular formula is C21H12F5N3O. The molecule has 0 aliphatic carbocycles. The van der Waals surface area contributed by atoms with Gasteiger partial charge < -0.3 is 5.32 Å². The van der Waals surface area contributed by atoms with Crippen LogP contribution >= 0.6 is 0 Å². The zero-order chi connectivity index (χ0) is 21.5. The van der Waals surface area contributed by atoms with Crippen molar-refractivity contribution in [2.45, 2.75) is 6.18 Å². The van der Waals surface area contributed by atoms with Gasteiger partial charge in [0.1, 0.15) is 17.5 Å². The number of hydrogen-bond donors (Lipinski definition) is 1. The summed E-state index contributed by atoms with van der Waals surface area (Å²) in [4.78, 5) is 16.6. The largest absolute Gasteiger partial charge is 0.417 e. The van der Waals surface area contributed by atoms with Crippen LogP contribution in [0.25, 0.3) is 16.7 Å². The SMILES string of the molecule is O=c1cc(Nc2ccccc2F)n(-c2ccccc2F)c2nccc(C(F)(F)F)c12. The smallest absolute Gasteiger partial charge is 0.339 e. The van der Waals surface area contributed by atoms with Crippen molar-refractivity contribution >= 4 is 22.5 Å². The molecule has 4 nitrogen and oxygen atoms in total. The molecule has 0 bridgehead atoms. The lowest BCUT2D eigenvalue weighted by atomic mass is 10.1. The molecule has 4 aromatic rings. The summed E-state index contributed by atoms with van der Waals surface area (Å²) in [6, 6.07) is 12.3. The van der Waals surface area contributed by atoms with Crippen LogP contribution in [0.1, 0.15) is 5.56 Å². The van der Waals surface area contributed by atoms with Crippen LogP contribution in [0.15, 0.2) is 71.7 Å². The Bertz CT molecular complexity index is 1310. The molecule has 0 radical (unpaired) electrons. The summed E-state index contributed by atoms with van der Waals surface area (Å²) in [6.45, 7) is 0. The van der Waals surface area contributed by atoms with E-state index in [4.69, 9.17) is 0 Å². The number of benzene rings is 2. The second kappa shape index (κ2) is 7.25. The van der Waals surface area contributed by atoms with Crippen LogP contribution in [0.2, 0.25) is 0 Å². The van der Waals surface area contributed by atoms with Crippen LogP contribution in [0, 0.1) is 11.6 Å². The quantitative estimate of drug-likeness (QED) is 0.453. The predicted molar refractivity (Wildman–Crippen MR) is 102 cm³/mol. The third-order valence-electron chi connectivity index (χ3n) is 4.43. The Balaban J connectivity index is 2.10.